The lowest BCUT2D eigenvalue weighted by molar-refractivity contribution is 0.582. The number of hydrogen-bond acceptors (Lipinski definition) is 3. The van der Waals surface area contributed by atoms with Gasteiger partial charge in [-0.1, -0.05) is 47.5 Å². The monoisotopic (exact) mass is 366 g/mol. The fourth-order valence-electron chi connectivity index (χ4n) is 2.20. The molecule has 0 aliphatic heterocycles. The van der Waals surface area contributed by atoms with Crippen molar-refractivity contribution >= 4 is 44.1 Å². The molecule has 1 N–H and O–H groups in total. The number of nitrogens with zero attached hydrogens (tertiary/aromatic N) is 1. The van der Waals surface area contributed by atoms with Gasteiger partial charge in [-0.05, 0) is 29.8 Å². The topological polar surface area (TPSA) is 59.1 Å². The molecule has 2 aromatic carbocycles. The maximum atomic E-state index is 12.6. The molecule has 3 aromatic rings. The van der Waals surface area contributed by atoms with Crippen molar-refractivity contribution < 1.29 is 8.42 Å². The Morgan fingerprint density at radius 2 is 1.78 bits per heavy atom. The number of aromatic nitrogens is 1. The highest BCUT2D eigenvalue weighted by molar-refractivity contribution is 7.89. The first kappa shape index (κ1) is 16.2. The van der Waals surface area contributed by atoms with Crippen molar-refractivity contribution in [1.82, 2.24) is 9.71 Å². The number of fused-ring (bicyclic) bond motifs is 1. The fraction of sp³-hybridized carbons (Fsp3) is 0.0625. The molecule has 3 rings (SSSR count). The number of pyridine rings is 1. The van der Waals surface area contributed by atoms with Gasteiger partial charge in [0.05, 0.1) is 15.6 Å². The first-order valence-electron chi connectivity index (χ1n) is 6.75. The quantitative estimate of drug-likeness (QED) is 0.758. The number of halogens is 2. The molecule has 7 heteroatoms. The van der Waals surface area contributed by atoms with Crippen molar-refractivity contribution in [2.24, 2.45) is 0 Å². The number of sulfonamides is 1. The number of nitrogens with one attached hydrogen (secondary N) is 1. The second kappa shape index (κ2) is 6.45. The van der Waals surface area contributed by atoms with Crippen LogP contribution in [-0.2, 0) is 16.6 Å². The highest BCUT2D eigenvalue weighted by Crippen LogP contribution is 2.24. The zero-order valence-electron chi connectivity index (χ0n) is 11.8. The van der Waals surface area contributed by atoms with E-state index in [-0.39, 0.29) is 11.4 Å². The minimum atomic E-state index is -3.70. The number of hydrogen-bond donors (Lipinski definition) is 1. The van der Waals surface area contributed by atoms with Gasteiger partial charge in [0.2, 0.25) is 10.0 Å². The summed E-state index contributed by atoms with van der Waals surface area (Å²) < 4.78 is 27.7. The molecule has 0 aliphatic rings. The maximum Gasteiger partial charge on any atom is 0.243 e. The van der Waals surface area contributed by atoms with E-state index < -0.39 is 10.0 Å². The van der Waals surface area contributed by atoms with Crippen molar-refractivity contribution in [3.05, 3.63) is 70.3 Å². The molecule has 0 spiro atoms. The van der Waals surface area contributed by atoms with E-state index in [0.29, 0.717) is 15.6 Å². The Morgan fingerprint density at radius 1 is 1.00 bits per heavy atom. The summed E-state index contributed by atoms with van der Waals surface area (Å²) >= 11 is 11.8. The van der Waals surface area contributed by atoms with Gasteiger partial charge in [0.15, 0.2) is 0 Å². The second-order valence-corrected chi connectivity index (χ2v) is 7.45. The van der Waals surface area contributed by atoms with Gasteiger partial charge in [-0.2, -0.15) is 0 Å². The van der Waals surface area contributed by atoms with Gasteiger partial charge in [-0.3, -0.25) is 4.98 Å². The Kier molecular flexibility index (Phi) is 4.55. The lowest BCUT2D eigenvalue weighted by Crippen LogP contribution is -2.23. The van der Waals surface area contributed by atoms with Crippen LogP contribution in [0.5, 0.6) is 0 Å². The molecular weight excluding hydrogens is 355 g/mol. The Bertz CT molecular complexity index is 969. The number of rotatable bonds is 4. The van der Waals surface area contributed by atoms with Gasteiger partial charge >= 0.3 is 0 Å². The molecule has 118 valence electrons. The van der Waals surface area contributed by atoms with Crippen LogP contribution in [-0.4, -0.2) is 13.4 Å². The lowest BCUT2D eigenvalue weighted by atomic mass is 10.2. The van der Waals surface area contributed by atoms with E-state index in [2.05, 4.69) is 9.71 Å². The number of benzene rings is 2. The second-order valence-electron chi connectivity index (χ2n) is 4.90. The van der Waals surface area contributed by atoms with Crippen molar-refractivity contribution in [2.75, 3.05) is 0 Å². The molecule has 4 nitrogen and oxygen atoms in total. The third kappa shape index (κ3) is 3.48. The fourth-order valence-corrected chi connectivity index (χ4v) is 3.71. The standard InChI is InChI=1S/C16H12Cl2N2O2S/c17-13-7-6-11(9-14(13)18)10-20-23(21,22)15-5-1-3-12-4-2-8-19-16(12)15/h1-9,20H,10H2. The molecule has 0 bridgehead atoms. The smallest absolute Gasteiger partial charge is 0.243 e. The highest BCUT2D eigenvalue weighted by Gasteiger charge is 2.17. The predicted molar refractivity (Wildman–Crippen MR) is 92.2 cm³/mol. The van der Waals surface area contributed by atoms with Crippen LogP contribution in [0.2, 0.25) is 10.0 Å². The average molecular weight is 367 g/mol. The lowest BCUT2D eigenvalue weighted by Gasteiger charge is -2.09. The van der Waals surface area contributed by atoms with Gasteiger partial charge in [-0.25, -0.2) is 13.1 Å². The van der Waals surface area contributed by atoms with Crippen LogP contribution in [0.1, 0.15) is 5.56 Å². The normalized spacial score (nSPS) is 11.7. The first-order valence-corrected chi connectivity index (χ1v) is 8.98. The largest absolute Gasteiger partial charge is 0.255 e. The summed E-state index contributed by atoms with van der Waals surface area (Å²) in [4.78, 5) is 4.32. The Balaban J connectivity index is 1.90. The molecule has 1 heterocycles. The van der Waals surface area contributed by atoms with E-state index in [4.69, 9.17) is 23.2 Å². The summed E-state index contributed by atoms with van der Waals surface area (Å²) in [5.74, 6) is 0. The minimum Gasteiger partial charge on any atom is -0.255 e. The van der Waals surface area contributed by atoms with Crippen LogP contribution >= 0.6 is 23.2 Å². The van der Waals surface area contributed by atoms with E-state index in [1.54, 1.807) is 36.5 Å². The molecular formula is C16H12Cl2N2O2S. The summed E-state index contributed by atoms with van der Waals surface area (Å²) in [7, 11) is -3.70. The van der Waals surface area contributed by atoms with E-state index in [1.165, 1.54) is 6.07 Å². The minimum absolute atomic E-state index is 0.114. The summed E-state index contributed by atoms with van der Waals surface area (Å²) in [6.07, 6.45) is 1.57. The van der Waals surface area contributed by atoms with E-state index in [9.17, 15) is 8.42 Å². The maximum absolute atomic E-state index is 12.6. The number of para-hydroxylation sites is 1. The Labute approximate surface area is 144 Å². The van der Waals surface area contributed by atoms with Crippen LogP contribution < -0.4 is 4.72 Å². The third-order valence-electron chi connectivity index (χ3n) is 3.34. The highest BCUT2D eigenvalue weighted by atomic mass is 35.5. The Hall–Kier alpha value is -1.66. The molecule has 0 radical (unpaired) electrons. The molecule has 0 atom stereocenters. The summed E-state index contributed by atoms with van der Waals surface area (Å²) in [5.41, 5.74) is 1.16. The molecule has 0 aliphatic carbocycles. The predicted octanol–water partition coefficient (Wildman–Crippen LogP) is 4.02. The van der Waals surface area contributed by atoms with Crippen LogP contribution in [0.4, 0.5) is 0 Å². The van der Waals surface area contributed by atoms with Crippen molar-refractivity contribution in [2.45, 2.75) is 11.4 Å². The molecule has 0 amide bonds. The molecule has 23 heavy (non-hydrogen) atoms. The van der Waals surface area contributed by atoms with Gasteiger partial charge in [-0.15, -0.1) is 0 Å². The van der Waals surface area contributed by atoms with Gasteiger partial charge in [0.1, 0.15) is 4.90 Å². The molecule has 0 saturated heterocycles. The zero-order valence-corrected chi connectivity index (χ0v) is 14.2. The van der Waals surface area contributed by atoms with Crippen molar-refractivity contribution in [1.29, 1.82) is 0 Å². The third-order valence-corrected chi connectivity index (χ3v) is 5.51. The van der Waals surface area contributed by atoms with Gasteiger partial charge < -0.3 is 0 Å². The van der Waals surface area contributed by atoms with Crippen LogP contribution in [0, 0.1) is 0 Å². The van der Waals surface area contributed by atoms with Crippen LogP contribution in [0.3, 0.4) is 0 Å². The average Bonchev–Trinajstić information content (AvgIpc) is 2.55. The summed E-state index contributed by atoms with van der Waals surface area (Å²) in [6.45, 7) is 0.114. The Morgan fingerprint density at radius 3 is 2.57 bits per heavy atom. The van der Waals surface area contributed by atoms with Crippen molar-refractivity contribution in [3.63, 3.8) is 0 Å². The van der Waals surface area contributed by atoms with Crippen molar-refractivity contribution in [3.8, 4) is 0 Å². The first-order chi connectivity index (χ1) is 11.0. The zero-order chi connectivity index (χ0) is 16.4. The van der Waals surface area contributed by atoms with Gasteiger partial charge in [0, 0.05) is 18.1 Å². The summed E-state index contributed by atoms with van der Waals surface area (Å²) in [5, 5.41) is 1.58. The molecule has 0 fully saturated rings. The molecule has 1 aromatic heterocycles. The van der Waals surface area contributed by atoms with Crippen LogP contribution in [0.15, 0.2) is 59.6 Å². The summed E-state index contributed by atoms with van der Waals surface area (Å²) in [6, 6.07) is 13.6. The van der Waals surface area contributed by atoms with E-state index in [1.807, 2.05) is 12.1 Å². The van der Waals surface area contributed by atoms with Gasteiger partial charge in [0.25, 0.3) is 0 Å². The SMILES string of the molecule is O=S(=O)(NCc1ccc(Cl)c(Cl)c1)c1cccc2cccnc12. The van der Waals surface area contributed by atoms with E-state index >= 15 is 0 Å². The molecule has 0 unspecified atom stereocenters. The molecule has 0 saturated carbocycles. The van der Waals surface area contributed by atoms with Crippen LogP contribution in [0.25, 0.3) is 10.9 Å². The van der Waals surface area contributed by atoms with E-state index in [0.717, 1.165) is 10.9 Å².